The molecular formula is C10H10ClF2NO. The molecule has 1 unspecified atom stereocenters. The van der Waals surface area contributed by atoms with E-state index in [1.807, 2.05) is 0 Å². The first-order chi connectivity index (χ1) is 7.11. The van der Waals surface area contributed by atoms with E-state index in [1.165, 1.54) is 12.3 Å². The number of hydrogen-bond acceptors (Lipinski definition) is 2. The first-order valence-electron chi connectivity index (χ1n) is 4.71. The Kier molecular flexibility index (Phi) is 2.89. The van der Waals surface area contributed by atoms with E-state index < -0.39 is 12.5 Å². The summed E-state index contributed by atoms with van der Waals surface area (Å²) in [4.78, 5) is 3.81. The number of alkyl halides is 2. The van der Waals surface area contributed by atoms with Gasteiger partial charge in [0, 0.05) is 6.20 Å². The molecule has 1 aromatic rings. The number of rotatable bonds is 3. The third kappa shape index (κ3) is 2.11. The van der Waals surface area contributed by atoms with Crippen LogP contribution in [0.2, 0.25) is 5.02 Å². The lowest BCUT2D eigenvalue weighted by molar-refractivity contribution is 0.123. The Bertz CT molecular complexity index is 368. The summed E-state index contributed by atoms with van der Waals surface area (Å²) in [5.74, 6) is 0.0634. The average Bonchev–Trinajstić information content (AvgIpc) is 2.98. The molecule has 2 rings (SSSR count). The highest BCUT2D eigenvalue weighted by atomic mass is 35.5. The fourth-order valence-electron chi connectivity index (χ4n) is 1.55. The Hall–Kier alpha value is -0.740. The summed E-state index contributed by atoms with van der Waals surface area (Å²) in [7, 11) is 0. The average molecular weight is 234 g/mol. The zero-order valence-corrected chi connectivity index (χ0v) is 8.59. The van der Waals surface area contributed by atoms with Crippen molar-refractivity contribution in [3.8, 4) is 0 Å². The Morgan fingerprint density at radius 2 is 2.13 bits per heavy atom. The van der Waals surface area contributed by atoms with Gasteiger partial charge in [0.2, 0.25) is 0 Å². The van der Waals surface area contributed by atoms with Crippen molar-refractivity contribution in [2.45, 2.75) is 25.4 Å². The summed E-state index contributed by atoms with van der Waals surface area (Å²) in [6, 6.07) is 1.31. The third-order valence-electron chi connectivity index (χ3n) is 2.53. The molecule has 0 amide bonds. The standard InChI is InChI=1S/C10H10ClF2NO/c11-6-3-4-14-8(7(6)10(12)13)9(15)5-1-2-5/h3-5,9-10,15H,1-2H2. The number of halogens is 3. The molecule has 1 aliphatic carbocycles. The fraction of sp³-hybridized carbons (Fsp3) is 0.500. The Morgan fingerprint density at radius 3 is 2.67 bits per heavy atom. The predicted molar refractivity (Wildman–Crippen MR) is 51.9 cm³/mol. The van der Waals surface area contributed by atoms with Gasteiger partial charge in [-0.3, -0.25) is 4.98 Å². The van der Waals surface area contributed by atoms with Crippen LogP contribution >= 0.6 is 11.6 Å². The van der Waals surface area contributed by atoms with E-state index in [9.17, 15) is 13.9 Å². The Labute approximate surface area is 90.9 Å². The minimum absolute atomic E-state index is 0.0278. The maximum atomic E-state index is 12.7. The molecule has 0 bridgehead atoms. The minimum atomic E-state index is -2.70. The third-order valence-corrected chi connectivity index (χ3v) is 2.86. The van der Waals surface area contributed by atoms with E-state index in [-0.39, 0.29) is 22.2 Å². The summed E-state index contributed by atoms with van der Waals surface area (Å²) >= 11 is 5.66. The van der Waals surface area contributed by atoms with Crippen molar-refractivity contribution >= 4 is 11.6 Å². The summed E-state index contributed by atoms with van der Waals surface area (Å²) in [6.07, 6.45) is -0.548. The molecule has 1 aromatic heterocycles. The summed E-state index contributed by atoms with van der Waals surface area (Å²) in [6.45, 7) is 0. The van der Waals surface area contributed by atoms with Crippen LogP contribution in [0, 0.1) is 5.92 Å². The number of aliphatic hydroxyl groups is 1. The molecular weight excluding hydrogens is 224 g/mol. The molecule has 1 heterocycles. The van der Waals surface area contributed by atoms with Gasteiger partial charge in [-0.2, -0.15) is 0 Å². The van der Waals surface area contributed by atoms with Crippen LogP contribution in [-0.2, 0) is 0 Å². The zero-order chi connectivity index (χ0) is 11.0. The van der Waals surface area contributed by atoms with Gasteiger partial charge in [0.25, 0.3) is 6.43 Å². The van der Waals surface area contributed by atoms with Crippen LogP contribution < -0.4 is 0 Å². The number of hydrogen-bond donors (Lipinski definition) is 1. The van der Waals surface area contributed by atoms with Crippen LogP contribution in [0.5, 0.6) is 0 Å². The van der Waals surface area contributed by atoms with Crippen molar-refractivity contribution in [1.29, 1.82) is 0 Å². The number of pyridine rings is 1. The van der Waals surface area contributed by atoms with Crippen molar-refractivity contribution in [2.75, 3.05) is 0 Å². The Balaban J connectivity index is 2.40. The van der Waals surface area contributed by atoms with Crippen LogP contribution in [0.1, 0.15) is 36.6 Å². The van der Waals surface area contributed by atoms with E-state index >= 15 is 0 Å². The topological polar surface area (TPSA) is 33.1 Å². The quantitative estimate of drug-likeness (QED) is 0.870. The molecule has 1 aliphatic rings. The number of aliphatic hydroxyl groups excluding tert-OH is 1. The largest absolute Gasteiger partial charge is 0.387 e. The van der Waals surface area contributed by atoms with Crippen molar-refractivity contribution in [2.24, 2.45) is 5.92 Å². The van der Waals surface area contributed by atoms with Gasteiger partial charge < -0.3 is 5.11 Å². The zero-order valence-electron chi connectivity index (χ0n) is 7.83. The van der Waals surface area contributed by atoms with E-state index in [0.29, 0.717) is 0 Å². The lowest BCUT2D eigenvalue weighted by Crippen LogP contribution is -2.07. The molecule has 1 N–H and O–H groups in total. The summed E-state index contributed by atoms with van der Waals surface area (Å²) < 4.78 is 25.4. The maximum absolute atomic E-state index is 12.7. The van der Waals surface area contributed by atoms with Crippen LogP contribution in [0.3, 0.4) is 0 Å². The molecule has 0 saturated heterocycles. The first-order valence-corrected chi connectivity index (χ1v) is 5.09. The van der Waals surface area contributed by atoms with Gasteiger partial charge in [0.05, 0.1) is 22.4 Å². The normalized spacial score (nSPS) is 18.2. The van der Waals surface area contributed by atoms with Crippen LogP contribution in [0.15, 0.2) is 12.3 Å². The van der Waals surface area contributed by atoms with Gasteiger partial charge in [0.15, 0.2) is 0 Å². The van der Waals surface area contributed by atoms with E-state index in [2.05, 4.69) is 4.98 Å². The minimum Gasteiger partial charge on any atom is -0.387 e. The van der Waals surface area contributed by atoms with Gasteiger partial charge in [-0.05, 0) is 24.8 Å². The smallest absolute Gasteiger partial charge is 0.267 e. The SMILES string of the molecule is OC(c1nccc(Cl)c1C(F)F)C1CC1. The van der Waals surface area contributed by atoms with Crippen molar-refractivity contribution in [3.05, 3.63) is 28.5 Å². The second-order valence-corrected chi connectivity index (χ2v) is 4.08. The molecule has 0 radical (unpaired) electrons. The number of aromatic nitrogens is 1. The van der Waals surface area contributed by atoms with Gasteiger partial charge >= 0.3 is 0 Å². The molecule has 0 spiro atoms. The molecule has 82 valence electrons. The molecule has 2 nitrogen and oxygen atoms in total. The van der Waals surface area contributed by atoms with Gasteiger partial charge in [0.1, 0.15) is 0 Å². The monoisotopic (exact) mass is 233 g/mol. The van der Waals surface area contributed by atoms with Crippen molar-refractivity contribution in [1.82, 2.24) is 4.98 Å². The van der Waals surface area contributed by atoms with Crippen LogP contribution in [0.4, 0.5) is 8.78 Å². The van der Waals surface area contributed by atoms with E-state index in [1.54, 1.807) is 0 Å². The molecule has 1 saturated carbocycles. The second kappa shape index (κ2) is 4.02. The highest BCUT2D eigenvalue weighted by Gasteiger charge is 2.35. The van der Waals surface area contributed by atoms with Gasteiger partial charge in [-0.25, -0.2) is 8.78 Å². The molecule has 1 atom stereocenters. The highest BCUT2D eigenvalue weighted by molar-refractivity contribution is 6.31. The van der Waals surface area contributed by atoms with Crippen molar-refractivity contribution in [3.63, 3.8) is 0 Å². The van der Waals surface area contributed by atoms with Gasteiger partial charge in [-0.1, -0.05) is 11.6 Å². The van der Waals surface area contributed by atoms with Crippen LogP contribution in [0.25, 0.3) is 0 Å². The van der Waals surface area contributed by atoms with Crippen LogP contribution in [-0.4, -0.2) is 10.1 Å². The lowest BCUT2D eigenvalue weighted by Gasteiger charge is -2.14. The maximum Gasteiger partial charge on any atom is 0.267 e. The molecule has 5 heteroatoms. The summed E-state index contributed by atoms with van der Waals surface area (Å²) in [5, 5.41) is 9.73. The fourth-order valence-corrected chi connectivity index (χ4v) is 1.79. The molecule has 1 fully saturated rings. The van der Waals surface area contributed by atoms with E-state index in [0.717, 1.165) is 12.8 Å². The highest BCUT2D eigenvalue weighted by Crippen LogP contribution is 2.43. The van der Waals surface area contributed by atoms with Crippen molar-refractivity contribution < 1.29 is 13.9 Å². The molecule has 15 heavy (non-hydrogen) atoms. The lowest BCUT2D eigenvalue weighted by atomic mass is 10.1. The predicted octanol–water partition coefficient (Wildman–Crippen LogP) is 3.12. The molecule has 0 aliphatic heterocycles. The first kappa shape index (κ1) is 10.8. The second-order valence-electron chi connectivity index (χ2n) is 3.67. The van der Waals surface area contributed by atoms with E-state index in [4.69, 9.17) is 11.6 Å². The number of nitrogens with zero attached hydrogens (tertiary/aromatic N) is 1. The van der Waals surface area contributed by atoms with Gasteiger partial charge in [-0.15, -0.1) is 0 Å². The molecule has 0 aromatic carbocycles. The summed E-state index contributed by atoms with van der Waals surface area (Å²) in [5.41, 5.74) is -0.307. The Morgan fingerprint density at radius 1 is 1.47 bits per heavy atom.